The summed E-state index contributed by atoms with van der Waals surface area (Å²) in [7, 11) is -1.34. The van der Waals surface area contributed by atoms with Gasteiger partial charge in [0, 0.05) is 25.2 Å². The van der Waals surface area contributed by atoms with Crippen LogP contribution in [0.5, 0.6) is 0 Å². The fourth-order valence-corrected chi connectivity index (χ4v) is 5.82. The summed E-state index contributed by atoms with van der Waals surface area (Å²) in [5.41, 5.74) is 0.445. The number of H-pyrrole nitrogens is 1. The highest BCUT2D eigenvalue weighted by molar-refractivity contribution is 7.84. The Morgan fingerprint density at radius 1 is 1.30 bits per heavy atom. The molecule has 1 fully saturated rings. The van der Waals surface area contributed by atoms with Crippen LogP contribution in [0.3, 0.4) is 0 Å². The van der Waals surface area contributed by atoms with Gasteiger partial charge in [-0.2, -0.15) is 10.4 Å². The van der Waals surface area contributed by atoms with Gasteiger partial charge in [-0.25, -0.2) is 18.9 Å². The molecule has 0 bridgehead atoms. The Kier molecular flexibility index (Phi) is 5.54. The molecule has 186 valence electrons. The molecule has 0 radical (unpaired) electrons. The van der Waals surface area contributed by atoms with Crippen molar-refractivity contribution in [1.29, 1.82) is 5.26 Å². The lowest BCUT2D eigenvalue weighted by molar-refractivity contribution is 0.584. The van der Waals surface area contributed by atoms with E-state index in [1.807, 2.05) is 4.90 Å². The number of halogens is 2. The van der Waals surface area contributed by atoms with E-state index in [-0.39, 0.29) is 28.6 Å². The average Bonchev–Trinajstić information content (AvgIpc) is 3.60. The van der Waals surface area contributed by atoms with Crippen LogP contribution < -0.4 is 10.5 Å². The first-order valence-corrected chi connectivity index (χ1v) is 13.2. The topological polar surface area (TPSA) is 125 Å². The summed E-state index contributed by atoms with van der Waals surface area (Å²) in [6, 6.07) is 8.92. The Bertz CT molecular complexity index is 1820. The number of fused-ring (bicyclic) bond motifs is 2. The van der Waals surface area contributed by atoms with E-state index in [1.165, 1.54) is 33.6 Å². The first-order chi connectivity index (χ1) is 17.9. The van der Waals surface area contributed by atoms with Gasteiger partial charge < -0.3 is 9.88 Å². The number of nitriles is 1. The lowest BCUT2D eigenvalue weighted by Crippen LogP contribution is -2.33. The second-order valence-corrected chi connectivity index (χ2v) is 10.4. The third kappa shape index (κ3) is 3.70. The Balaban J connectivity index is 1.64. The molecule has 0 unspecified atom stereocenters. The average molecular weight is 537 g/mol. The number of anilines is 1. The van der Waals surface area contributed by atoms with Crippen LogP contribution in [0.15, 0.2) is 58.7 Å². The predicted molar refractivity (Wildman–Crippen MR) is 136 cm³/mol. The Morgan fingerprint density at radius 3 is 2.89 bits per heavy atom. The summed E-state index contributed by atoms with van der Waals surface area (Å²) in [6.45, 7) is 0.289. The monoisotopic (exact) mass is 536 g/mol. The van der Waals surface area contributed by atoms with Gasteiger partial charge in [0.25, 0.3) is 5.56 Å². The molecule has 0 spiro atoms. The van der Waals surface area contributed by atoms with Crippen molar-refractivity contribution in [2.45, 2.75) is 17.4 Å². The summed E-state index contributed by atoms with van der Waals surface area (Å²) in [5.74, 6) is -0.180. The molecule has 13 heteroatoms. The number of aromatic nitrogens is 6. The second kappa shape index (κ2) is 8.79. The first-order valence-electron chi connectivity index (χ1n) is 11.2. The number of hydrogen-bond acceptors (Lipinski definition) is 7. The van der Waals surface area contributed by atoms with Crippen molar-refractivity contribution < 1.29 is 8.60 Å². The molecule has 37 heavy (non-hydrogen) atoms. The minimum atomic E-state index is -1.34. The zero-order chi connectivity index (χ0) is 25.8. The smallest absolute Gasteiger partial charge is 0.284 e. The molecule has 1 aromatic carbocycles. The summed E-state index contributed by atoms with van der Waals surface area (Å²) in [6.07, 6.45) is 6.48. The fourth-order valence-electron chi connectivity index (χ4n) is 4.90. The molecule has 1 N–H and O–H groups in total. The Hall–Kier alpha value is -4.08. The van der Waals surface area contributed by atoms with Crippen molar-refractivity contribution in [1.82, 2.24) is 29.1 Å². The van der Waals surface area contributed by atoms with E-state index in [1.54, 1.807) is 30.8 Å². The lowest BCUT2D eigenvalue weighted by atomic mass is 10.1. The summed E-state index contributed by atoms with van der Waals surface area (Å²) in [5, 5.41) is 15.3. The maximum Gasteiger partial charge on any atom is 0.284 e. The largest absolute Gasteiger partial charge is 0.345 e. The van der Waals surface area contributed by atoms with Gasteiger partial charge in [-0.1, -0.05) is 17.7 Å². The van der Waals surface area contributed by atoms with E-state index >= 15 is 0 Å². The van der Waals surface area contributed by atoms with Gasteiger partial charge in [-0.3, -0.25) is 13.6 Å². The third-order valence-corrected chi connectivity index (χ3v) is 7.75. The number of rotatable bonds is 4. The van der Waals surface area contributed by atoms with Crippen LogP contribution in [0.25, 0.3) is 22.2 Å². The van der Waals surface area contributed by atoms with E-state index < -0.39 is 34.1 Å². The molecule has 5 aromatic rings. The summed E-state index contributed by atoms with van der Waals surface area (Å²) < 4.78 is 29.5. The molecule has 1 aliphatic heterocycles. The molecule has 1 aliphatic rings. The quantitative estimate of drug-likeness (QED) is 0.373. The lowest BCUT2D eigenvalue weighted by Gasteiger charge is -2.27. The van der Waals surface area contributed by atoms with Gasteiger partial charge >= 0.3 is 0 Å². The van der Waals surface area contributed by atoms with Gasteiger partial charge in [-0.05, 0) is 30.7 Å². The van der Waals surface area contributed by atoms with Gasteiger partial charge in [0.2, 0.25) is 0 Å². The van der Waals surface area contributed by atoms with Crippen molar-refractivity contribution in [2.75, 3.05) is 17.7 Å². The molecule has 0 aliphatic carbocycles. The molecular formula is C24H18ClFN8O2S. The SMILES string of the molecule is C[S@](=O)c1c[nH]c2ncnc(N3C[C@@H](C#N)C[C@H]3c3nn4ccc(Cl)c4c(=O)n3-c3cccc(F)c3)c12. The number of nitrogens with zero attached hydrogens (tertiary/aromatic N) is 7. The highest BCUT2D eigenvalue weighted by Crippen LogP contribution is 2.41. The number of benzene rings is 1. The van der Waals surface area contributed by atoms with Gasteiger partial charge in [-0.15, -0.1) is 0 Å². The van der Waals surface area contributed by atoms with Gasteiger partial charge in [0.15, 0.2) is 5.82 Å². The van der Waals surface area contributed by atoms with Gasteiger partial charge in [0.1, 0.15) is 29.1 Å². The molecule has 5 heterocycles. The van der Waals surface area contributed by atoms with E-state index in [4.69, 9.17) is 16.7 Å². The van der Waals surface area contributed by atoms with Crippen molar-refractivity contribution in [3.63, 3.8) is 0 Å². The summed E-state index contributed by atoms with van der Waals surface area (Å²) >= 11 is 6.30. The van der Waals surface area contributed by atoms with Crippen molar-refractivity contribution in [3.8, 4) is 11.8 Å². The highest BCUT2D eigenvalue weighted by atomic mass is 35.5. The van der Waals surface area contributed by atoms with Crippen LogP contribution in [0.1, 0.15) is 18.3 Å². The molecule has 0 saturated carbocycles. The van der Waals surface area contributed by atoms with Crippen molar-refractivity contribution >= 4 is 44.8 Å². The van der Waals surface area contributed by atoms with E-state index in [0.29, 0.717) is 28.2 Å². The zero-order valence-electron chi connectivity index (χ0n) is 19.3. The van der Waals surface area contributed by atoms with Crippen molar-refractivity contribution in [3.05, 3.63) is 76.1 Å². The second-order valence-electron chi connectivity index (χ2n) is 8.69. The molecule has 6 rings (SSSR count). The van der Waals surface area contributed by atoms with Crippen LogP contribution in [0.4, 0.5) is 10.2 Å². The molecular weight excluding hydrogens is 519 g/mol. The maximum atomic E-state index is 14.3. The van der Waals surface area contributed by atoms with Crippen molar-refractivity contribution in [2.24, 2.45) is 5.92 Å². The molecule has 3 atom stereocenters. The Morgan fingerprint density at radius 2 is 2.14 bits per heavy atom. The van der Waals surface area contributed by atoms with E-state index in [2.05, 4.69) is 21.0 Å². The third-order valence-electron chi connectivity index (χ3n) is 6.51. The van der Waals surface area contributed by atoms with Gasteiger partial charge in [0.05, 0.1) is 49.8 Å². The van der Waals surface area contributed by atoms with E-state index in [9.17, 15) is 18.7 Å². The minimum absolute atomic E-state index is 0.148. The van der Waals surface area contributed by atoms with Crippen LogP contribution in [-0.2, 0) is 10.8 Å². The maximum absolute atomic E-state index is 14.3. The number of nitrogens with one attached hydrogen (secondary N) is 1. The summed E-state index contributed by atoms with van der Waals surface area (Å²) in [4.78, 5) is 27.9. The minimum Gasteiger partial charge on any atom is -0.345 e. The number of hydrogen-bond donors (Lipinski definition) is 1. The molecule has 0 amide bonds. The molecule has 1 saturated heterocycles. The zero-order valence-corrected chi connectivity index (χ0v) is 20.9. The molecule has 10 nitrogen and oxygen atoms in total. The highest BCUT2D eigenvalue weighted by Gasteiger charge is 2.39. The standard InChI is InChI=1S/C24H18ClFN8O2S/c1-37(36)18-10-28-21-19(18)23(30-12-29-21)32-11-13(9-27)7-17(32)22-31-33-6-5-16(25)20(33)24(35)34(22)15-4-2-3-14(26)8-15/h2-6,8,10,12-13,17H,7,11H2,1H3,(H,28,29,30)/t13-,17+,37+/m1/s1. The van der Waals surface area contributed by atoms with Crippen LogP contribution >= 0.6 is 11.6 Å². The Labute approximate surface area is 216 Å². The van der Waals surface area contributed by atoms with E-state index in [0.717, 1.165) is 0 Å². The van der Waals surface area contributed by atoms with Crippen LogP contribution in [0.2, 0.25) is 5.02 Å². The fraction of sp³-hybridized carbons (Fsp3) is 0.208. The predicted octanol–water partition coefficient (Wildman–Crippen LogP) is 3.38. The normalized spacial score (nSPS) is 18.5. The molecule has 4 aromatic heterocycles. The van der Waals surface area contributed by atoms with Crippen LogP contribution in [-0.4, -0.2) is 46.1 Å². The first kappa shape index (κ1) is 23.3. The van der Waals surface area contributed by atoms with Crippen LogP contribution in [0, 0.1) is 23.1 Å². The number of aromatic amines is 1.